The van der Waals surface area contributed by atoms with Crippen LogP contribution >= 0.6 is 0 Å². The highest BCUT2D eigenvalue weighted by atomic mass is 15.1. The van der Waals surface area contributed by atoms with E-state index >= 15 is 0 Å². The molecule has 0 atom stereocenters. The Morgan fingerprint density at radius 3 is 2.30 bits per heavy atom. The molecule has 3 nitrogen and oxygen atoms in total. The second-order valence-electron chi connectivity index (χ2n) is 1.90. The zero-order valence-electron chi connectivity index (χ0n) is 7.09. The van der Waals surface area contributed by atoms with Gasteiger partial charge in [-0.3, -0.25) is 4.90 Å². The van der Waals surface area contributed by atoms with E-state index in [9.17, 15) is 0 Å². The van der Waals surface area contributed by atoms with E-state index in [1.807, 2.05) is 11.9 Å². The van der Waals surface area contributed by atoms with E-state index in [2.05, 4.69) is 18.7 Å². The Kier molecular flexibility index (Phi) is 13.6. The van der Waals surface area contributed by atoms with Crippen molar-refractivity contribution < 1.29 is 0 Å². The summed E-state index contributed by atoms with van der Waals surface area (Å²) in [5.41, 5.74) is 4.50. The van der Waals surface area contributed by atoms with Crippen LogP contribution in [0.15, 0.2) is 0 Å². The van der Waals surface area contributed by atoms with Crippen molar-refractivity contribution in [2.24, 2.45) is 5.73 Å². The Hall–Kier alpha value is -0.590. The summed E-state index contributed by atoms with van der Waals surface area (Å²) in [4.78, 5) is 2.00. The van der Waals surface area contributed by atoms with Crippen molar-refractivity contribution >= 4 is 0 Å². The van der Waals surface area contributed by atoms with E-state index in [0.29, 0.717) is 6.54 Å². The molecule has 0 aromatic heterocycles. The summed E-state index contributed by atoms with van der Waals surface area (Å²) in [5.74, 6) is 0. The van der Waals surface area contributed by atoms with Gasteiger partial charge in [0, 0.05) is 0 Å². The van der Waals surface area contributed by atoms with E-state index in [1.165, 1.54) is 7.05 Å². The van der Waals surface area contributed by atoms with Crippen LogP contribution in [0.3, 0.4) is 0 Å². The zero-order chi connectivity index (χ0) is 8.41. The van der Waals surface area contributed by atoms with Gasteiger partial charge in [-0.15, -0.1) is 0 Å². The van der Waals surface area contributed by atoms with E-state index in [0.717, 1.165) is 13.0 Å². The maximum absolute atomic E-state index is 8.17. The van der Waals surface area contributed by atoms with Crippen molar-refractivity contribution in [3.05, 3.63) is 0 Å². The molecule has 0 aliphatic rings. The minimum atomic E-state index is 0.549. The molecule has 0 unspecified atom stereocenters. The normalized spacial score (nSPS) is 8.00. The minimum absolute atomic E-state index is 0.549. The molecule has 2 N–H and O–H groups in total. The summed E-state index contributed by atoms with van der Waals surface area (Å²) >= 11 is 0. The number of rotatable bonds is 3. The molecule has 0 heterocycles. The van der Waals surface area contributed by atoms with Gasteiger partial charge in [0.25, 0.3) is 0 Å². The van der Waals surface area contributed by atoms with E-state index in [1.54, 1.807) is 0 Å². The second-order valence-corrected chi connectivity index (χ2v) is 1.90. The highest BCUT2D eigenvalue weighted by molar-refractivity contribution is 4.73. The summed E-state index contributed by atoms with van der Waals surface area (Å²) in [6.07, 6.45) is 1.12. The molecule has 3 heteroatoms. The van der Waals surface area contributed by atoms with Crippen LogP contribution in [0, 0.1) is 11.3 Å². The number of nitrogens with zero attached hydrogens (tertiary/aromatic N) is 2. The molecule has 0 bridgehead atoms. The van der Waals surface area contributed by atoms with Gasteiger partial charge < -0.3 is 5.73 Å². The van der Waals surface area contributed by atoms with Gasteiger partial charge in [0.05, 0.1) is 12.6 Å². The third-order valence-electron chi connectivity index (χ3n) is 0.946. The summed E-state index contributed by atoms with van der Waals surface area (Å²) in [5, 5.41) is 8.17. The van der Waals surface area contributed by atoms with Crippen LogP contribution in [0.25, 0.3) is 0 Å². The Bertz CT molecular complexity index is 85.3. The number of nitriles is 1. The van der Waals surface area contributed by atoms with Crippen molar-refractivity contribution in [1.29, 1.82) is 5.26 Å². The molecule has 0 saturated carbocycles. The lowest BCUT2D eigenvalue weighted by atomic mass is 10.4. The van der Waals surface area contributed by atoms with Gasteiger partial charge in [-0.25, -0.2) is 0 Å². The average Bonchev–Trinajstić information content (AvgIpc) is 1.93. The van der Waals surface area contributed by atoms with Crippen molar-refractivity contribution in [3.63, 3.8) is 0 Å². The van der Waals surface area contributed by atoms with Crippen molar-refractivity contribution in [3.8, 4) is 6.07 Å². The zero-order valence-corrected chi connectivity index (χ0v) is 7.09. The maximum atomic E-state index is 8.17. The maximum Gasteiger partial charge on any atom is 0.0863 e. The van der Waals surface area contributed by atoms with Crippen LogP contribution in [0.5, 0.6) is 0 Å². The molecular formula is C7H17N3. The molecular weight excluding hydrogens is 126 g/mol. The summed E-state index contributed by atoms with van der Waals surface area (Å²) in [7, 11) is 3.45. The van der Waals surface area contributed by atoms with Gasteiger partial charge in [-0.05, 0) is 27.1 Å². The van der Waals surface area contributed by atoms with Gasteiger partial charge in [0.1, 0.15) is 0 Å². The lowest BCUT2D eigenvalue weighted by molar-refractivity contribution is 0.375. The average molecular weight is 143 g/mol. The first-order valence-corrected chi connectivity index (χ1v) is 3.44. The summed E-state index contributed by atoms with van der Waals surface area (Å²) in [6, 6.07) is 2.08. The molecule has 0 aromatic carbocycles. The van der Waals surface area contributed by atoms with E-state index in [-0.39, 0.29) is 0 Å². The smallest absolute Gasteiger partial charge is 0.0863 e. The third kappa shape index (κ3) is 10.4. The molecule has 0 amide bonds. The Morgan fingerprint density at radius 2 is 2.00 bits per heavy atom. The lowest BCUT2D eigenvalue weighted by Crippen LogP contribution is -2.18. The highest BCUT2D eigenvalue weighted by Gasteiger charge is 1.90. The number of hydrogen-bond acceptors (Lipinski definition) is 3. The molecule has 0 aromatic rings. The van der Waals surface area contributed by atoms with Crippen LogP contribution in [0.2, 0.25) is 0 Å². The largest absolute Gasteiger partial charge is 0.333 e. The number of hydrogen-bond donors (Lipinski definition) is 1. The predicted octanol–water partition coefficient (Wildman–Crippen LogP) is 0.427. The Balaban J connectivity index is 0. The molecule has 60 valence electrons. The predicted molar refractivity (Wildman–Crippen MR) is 43.5 cm³/mol. The molecule has 0 saturated heterocycles. The second kappa shape index (κ2) is 11.2. The number of nitrogens with two attached hydrogens (primary N) is 1. The van der Waals surface area contributed by atoms with Crippen LogP contribution in [-0.4, -0.2) is 32.1 Å². The van der Waals surface area contributed by atoms with E-state index in [4.69, 9.17) is 5.26 Å². The Labute approximate surface area is 63.4 Å². The quantitative estimate of drug-likeness (QED) is 0.583. The molecule has 10 heavy (non-hydrogen) atoms. The van der Waals surface area contributed by atoms with Gasteiger partial charge in [0.15, 0.2) is 0 Å². The first kappa shape index (κ1) is 12.1. The monoisotopic (exact) mass is 143 g/mol. The van der Waals surface area contributed by atoms with Crippen LogP contribution in [0.1, 0.15) is 13.3 Å². The summed E-state index contributed by atoms with van der Waals surface area (Å²) < 4.78 is 0. The minimum Gasteiger partial charge on any atom is -0.333 e. The molecule has 0 spiro atoms. The standard InChI is InChI=1S/C6H12N2.CH5N/c1-3-5-8(2)6-4-7;1-2/h3,5-6H2,1-2H3;2H2,1H3. The first-order valence-electron chi connectivity index (χ1n) is 3.44. The molecule has 0 rings (SSSR count). The highest BCUT2D eigenvalue weighted by Crippen LogP contribution is 1.82. The first-order chi connectivity index (χ1) is 4.81. The molecule has 0 radical (unpaired) electrons. The van der Waals surface area contributed by atoms with Crippen molar-refractivity contribution in [2.75, 3.05) is 27.2 Å². The fourth-order valence-corrected chi connectivity index (χ4v) is 0.581. The van der Waals surface area contributed by atoms with Crippen LogP contribution in [-0.2, 0) is 0 Å². The van der Waals surface area contributed by atoms with Gasteiger partial charge in [-0.2, -0.15) is 5.26 Å². The molecule has 0 aliphatic heterocycles. The van der Waals surface area contributed by atoms with Gasteiger partial charge >= 0.3 is 0 Å². The summed E-state index contributed by atoms with van der Waals surface area (Å²) in [6.45, 7) is 3.68. The molecule has 0 aliphatic carbocycles. The van der Waals surface area contributed by atoms with Gasteiger partial charge in [-0.1, -0.05) is 6.92 Å². The van der Waals surface area contributed by atoms with Crippen LogP contribution < -0.4 is 5.73 Å². The topological polar surface area (TPSA) is 53.0 Å². The fourth-order valence-electron chi connectivity index (χ4n) is 0.581. The van der Waals surface area contributed by atoms with Gasteiger partial charge in [0.2, 0.25) is 0 Å². The van der Waals surface area contributed by atoms with Crippen LogP contribution in [0.4, 0.5) is 0 Å². The third-order valence-corrected chi connectivity index (χ3v) is 0.946. The lowest BCUT2D eigenvalue weighted by Gasteiger charge is -2.08. The van der Waals surface area contributed by atoms with E-state index < -0.39 is 0 Å². The Morgan fingerprint density at radius 1 is 1.50 bits per heavy atom. The molecule has 0 fully saturated rings. The SMILES string of the molecule is CCCN(C)CC#N.CN. The van der Waals surface area contributed by atoms with Crippen molar-refractivity contribution in [1.82, 2.24) is 4.90 Å². The fraction of sp³-hybridized carbons (Fsp3) is 0.857. The van der Waals surface area contributed by atoms with Crippen molar-refractivity contribution in [2.45, 2.75) is 13.3 Å².